The van der Waals surface area contributed by atoms with E-state index in [9.17, 15) is 8.78 Å². The second-order valence-electron chi connectivity index (χ2n) is 3.89. The highest BCUT2D eigenvalue weighted by molar-refractivity contribution is 4.79. The summed E-state index contributed by atoms with van der Waals surface area (Å²) < 4.78 is 28.1. The van der Waals surface area contributed by atoms with Gasteiger partial charge in [0.1, 0.15) is 6.61 Å². The maximum atomic E-state index is 11.7. The van der Waals surface area contributed by atoms with Crippen molar-refractivity contribution >= 4 is 0 Å². The normalized spacial score (nSPS) is 15.6. The highest BCUT2D eigenvalue weighted by Crippen LogP contribution is 2.12. The van der Waals surface area contributed by atoms with Crippen molar-refractivity contribution in [1.82, 2.24) is 5.32 Å². The molecule has 0 saturated carbocycles. The number of aliphatic hydroxyl groups is 1. The zero-order valence-electron chi connectivity index (χ0n) is 9.43. The molecule has 0 fully saturated rings. The van der Waals surface area contributed by atoms with Crippen molar-refractivity contribution in [2.24, 2.45) is 0 Å². The lowest BCUT2D eigenvalue weighted by Crippen LogP contribution is -2.43. The number of aliphatic hydroxyl groups excluding tert-OH is 1. The van der Waals surface area contributed by atoms with Crippen molar-refractivity contribution in [3.63, 3.8) is 0 Å². The molecule has 0 radical (unpaired) electrons. The Hall–Kier alpha value is -0.260. The van der Waals surface area contributed by atoms with Gasteiger partial charge in [-0.1, -0.05) is 0 Å². The van der Waals surface area contributed by atoms with E-state index in [1.165, 1.54) is 0 Å². The van der Waals surface area contributed by atoms with Gasteiger partial charge in [-0.15, -0.1) is 0 Å². The van der Waals surface area contributed by atoms with Crippen LogP contribution in [0.1, 0.15) is 26.2 Å². The largest absolute Gasteiger partial charge is 0.394 e. The highest BCUT2D eigenvalue weighted by atomic mass is 19.3. The molecule has 15 heavy (non-hydrogen) atoms. The summed E-state index contributed by atoms with van der Waals surface area (Å²) >= 11 is 0. The molecule has 5 heteroatoms. The van der Waals surface area contributed by atoms with E-state index in [1.807, 2.05) is 6.92 Å². The molecule has 92 valence electrons. The number of halogens is 2. The Morgan fingerprint density at radius 3 is 2.53 bits per heavy atom. The number of hydrogen-bond donors (Lipinski definition) is 2. The lowest BCUT2D eigenvalue weighted by atomic mass is 9.96. The molecule has 1 atom stereocenters. The van der Waals surface area contributed by atoms with Crippen molar-refractivity contribution in [3.8, 4) is 0 Å². The van der Waals surface area contributed by atoms with Crippen LogP contribution in [0.4, 0.5) is 8.78 Å². The molecule has 0 heterocycles. The summed E-state index contributed by atoms with van der Waals surface area (Å²) in [6, 6.07) is 0. The lowest BCUT2D eigenvalue weighted by molar-refractivity contribution is 0.0155. The zero-order valence-corrected chi connectivity index (χ0v) is 9.43. The number of alkyl halides is 2. The molecule has 0 aromatic carbocycles. The molecule has 1 unspecified atom stereocenters. The van der Waals surface area contributed by atoms with Gasteiger partial charge in [-0.25, -0.2) is 8.78 Å². The Morgan fingerprint density at radius 1 is 1.40 bits per heavy atom. The minimum atomic E-state index is -2.38. The Morgan fingerprint density at radius 2 is 2.07 bits per heavy atom. The van der Waals surface area contributed by atoms with Gasteiger partial charge >= 0.3 is 0 Å². The third kappa shape index (κ3) is 7.64. The molecule has 0 aromatic heterocycles. The van der Waals surface area contributed by atoms with Gasteiger partial charge in [-0.05, 0) is 33.2 Å². The van der Waals surface area contributed by atoms with Crippen LogP contribution in [0.25, 0.3) is 0 Å². The molecule has 2 N–H and O–H groups in total. The van der Waals surface area contributed by atoms with Crippen LogP contribution in [0, 0.1) is 0 Å². The third-order valence-electron chi connectivity index (χ3n) is 2.46. The first-order valence-corrected chi connectivity index (χ1v) is 5.20. The number of ether oxygens (including phenoxy) is 1. The van der Waals surface area contributed by atoms with Gasteiger partial charge < -0.3 is 15.2 Å². The lowest BCUT2D eigenvalue weighted by Gasteiger charge is -2.26. The second-order valence-corrected chi connectivity index (χ2v) is 3.89. The zero-order chi connectivity index (χ0) is 11.7. The second kappa shape index (κ2) is 7.96. The number of rotatable bonds is 9. The minimum absolute atomic E-state index is 0.0708. The molecule has 0 aromatic rings. The van der Waals surface area contributed by atoms with Crippen molar-refractivity contribution < 1.29 is 18.6 Å². The molecule has 0 amide bonds. The van der Waals surface area contributed by atoms with Crippen LogP contribution in [-0.2, 0) is 4.74 Å². The summed E-state index contributed by atoms with van der Waals surface area (Å²) in [5.41, 5.74) is -0.275. The van der Waals surface area contributed by atoms with E-state index < -0.39 is 13.0 Å². The molecule has 3 nitrogen and oxygen atoms in total. The van der Waals surface area contributed by atoms with Crippen LogP contribution in [0.2, 0.25) is 0 Å². The first-order chi connectivity index (χ1) is 7.04. The summed E-state index contributed by atoms with van der Waals surface area (Å²) in [6.45, 7) is 1.87. The molecule has 0 aliphatic carbocycles. The highest BCUT2D eigenvalue weighted by Gasteiger charge is 2.19. The van der Waals surface area contributed by atoms with E-state index in [2.05, 4.69) is 5.32 Å². The number of hydrogen-bond acceptors (Lipinski definition) is 3. The summed E-state index contributed by atoms with van der Waals surface area (Å²) in [7, 11) is 1.80. The fourth-order valence-corrected chi connectivity index (χ4v) is 1.17. The maximum Gasteiger partial charge on any atom is 0.261 e. The summed E-state index contributed by atoms with van der Waals surface area (Å²) in [4.78, 5) is 0. The molecule has 0 aliphatic rings. The average Bonchev–Trinajstić information content (AvgIpc) is 2.22. The molecule has 0 bridgehead atoms. The topological polar surface area (TPSA) is 41.5 Å². The average molecular weight is 225 g/mol. The first kappa shape index (κ1) is 14.7. The van der Waals surface area contributed by atoms with Crippen LogP contribution in [-0.4, -0.2) is 43.9 Å². The van der Waals surface area contributed by atoms with Crippen LogP contribution in [0.3, 0.4) is 0 Å². The number of likely N-dealkylation sites (N-methyl/N-ethyl adjacent to an activating group) is 1. The van der Waals surface area contributed by atoms with Crippen LogP contribution in [0.5, 0.6) is 0 Å². The Labute approximate surface area is 89.8 Å². The summed E-state index contributed by atoms with van der Waals surface area (Å²) in [5, 5.41) is 12.1. The minimum Gasteiger partial charge on any atom is -0.394 e. The molecule has 0 rings (SSSR count). The fraction of sp³-hybridized carbons (Fsp3) is 1.00. The van der Waals surface area contributed by atoms with Crippen molar-refractivity contribution in [1.29, 1.82) is 0 Å². The summed E-state index contributed by atoms with van der Waals surface area (Å²) in [5.74, 6) is 0. The maximum absolute atomic E-state index is 11.7. The standard InChI is InChI=1S/C10H21F2NO2/c1-10(8-14,13-2)5-3-4-6-15-7-9(11)12/h9,13-14H,3-8H2,1-2H3. The third-order valence-corrected chi connectivity index (χ3v) is 2.46. The predicted octanol–water partition coefficient (Wildman–Crippen LogP) is 1.41. The predicted molar refractivity (Wildman–Crippen MR) is 55.2 cm³/mol. The van der Waals surface area contributed by atoms with Gasteiger partial charge in [-0.3, -0.25) is 0 Å². The fourth-order valence-electron chi connectivity index (χ4n) is 1.17. The smallest absolute Gasteiger partial charge is 0.261 e. The molecule has 0 spiro atoms. The van der Waals surface area contributed by atoms with Crippen molar-refractivity contribution in [3.05, 3.63) is 0 Å². The van der Waals surface area contributed by atoms with Crippen LogP contribution >= 0.6 is 0 Å². The Balaban J connectivity index is 3.37. The Kier molecular flexibility index (Phi) is 7.82. The van der Waals surface area contributed by atoms with Gasteiger partial charge in [0.25, 0.3) is 6.43 Å². The SMILES string of the molecule is CNC(C)(CO)CCCCOCC(F)F. The molecule has 0 saturated heterocycles. The van der Waals surface area contributed by atoms with E-state index in [-0.39, 0.29) is 12.1 Å². The quantitative estimate of drug-likeness (QED) is 0.583. The van der Waals surface area contributed by atoms with Gasteiger partial charge in [0.2, 0.25) is 0 Å². The van der Waals surface area contributed by atoms with Gasteiger partial charge in [0.05, 0.1) is 6.61 Å². The van der Waals surface area contributed by atoms with Crippen molar-refractivity contribution in [2.45, 2.75) is 38.2 Å². The monoisotopic (exact) mass is 225 g/mol. The molecule has 0 aliphatic heterocycles. The van der Waals surface area contributed by atoms with E-state index in [4.69, 9.17) is 9.84 Å². The number of unbranched alkanes of at least 4 members (excludes halogenated alkanes) is 1. The van der Waals surface area contributed by atoms with Gasteiger partial charge in [0.15, 0.2) is 0 Å². The van der Waals surface area contributed by atoms with E-state index in [0.29, 0.717) is 6.61 Å². The molecular weight excluding hydrogens is 204 g/mol. The van der Waals surface area contributed by atoms with Crippen LogP contribution in [0.15, 0.2) is 0 Å². The Bertz CT molecular complexity index is 152. The van der Waals surface area contributed by atoms with E-state index in [0.717, 1.165) is 19.3 Å². The summed E-state index contributed by atoms with van der Waals surface area (Å²) in [6.07, 6.45) is 0.00779. The van der Waals surface area contributed by atoms with Crippen LogP contribution < -0.4 is 5.32 Å². The van der Waals surface area contributed by atoms with E-state index >= 15 is 0 Å². The number of nitrogens with one attached hydrogen (secondary N) is 1. The van der Waals surface area contributed by atoms with Crippen molar-refractivity contribution in [2.75, 3.05) is 26.9 Å². The van der Waals surface area contributed by atoms with Gasteiger partial charge in [-0.2, -0.15) is 0 Å². The van der Waals surface area contributed by atoms with Gasteiger partial charge in [0, 0.05) is 12.1 Å². The first-order valence-electron chi connectivity index (χ1n) is 5.20. The molecular formula is C10H21F2NO2. The van der Waals surface area contributed by atoms with E-state index in [1.54, 1.807) is 7.05 Å².